The zero-order valence-corrected chi connectivity index (χ0v) is 12.5. The Morgan fingerprint density at radius 2 is 2.00 bits per heavy atom. The fourth-order valence-corrected chi connectivity index (χ4v) is 2.10. The molecular formula is C12H17ClN2O3S. The summed E-state index contributed by atoms with van der Waals surface area (Å²) in [5, 5.41) is 3.14. The molecule has 7 heteroatoms. The van der Waals surface area contributed by atoms with Crippen molar-refractivity contribution in [1.29, 1.82) is 0 Å². The number of carbonyl (C=O) groups is 1. The van der Waals surface area contributed by atoms with Crippen molar-refractivity contribution in [3.05, 3.63) is 34.9 Å². The van der Waals surface area contributed by atoms with E-state index < -0.39 is 9.84 Å². The van der Waals surface area contributed by atoms with Crippen LogP contribution in [0.2, 0.25) is 5.02 Å². The van der Waals surface area contributed by atoms with E-state index in [4.69, 9.17) is 11.6 Å². The standard InChI is InChI=1S/C12H17ClN2O3S/c1-15(9-10-5-3-4-6-11(10)13)12(16)14-7-8-19(2,17)18/h3-6H,7-9H2,1-2H3,(H,14,16). The van der Waals surface area contributed by atoms with E-state index in [-0.39, 0.29) is 18.3 Å². The predicted molar refractivity (Wildman–Crippen MR) is 76.0 cm³/mol. The Morgan fingerprint density at radius 3 is 2.58 bits per heavy atom. The Labute approximate surface area is 118 Å². The Balaban J connectivity index is 2.47. The number of hydrogen-bond donors (Lipinski definition) is 1. The lowest BCUT2D eigenvalue weighted by Gasteiger charge is -2.18. The van der Waals surface area contributed by atoms with E-state index in [1.807, 2.05) is 18.2 Å². The van der Waals surface area contributed by atoms with Gasteiger partial charge in [0.25, 0.3) is 0 Å². The minimum Gasteiger partial charge on any atom is -0.337 e. The van der Waals surface area contributed by atoms with E-state index in [2.05, 4.69) is 5.32 Å². The molecule has 0 aromatic heterocycles. The molecular weight excluding hydrogens is 288 g/mol. The third-order valence-electron chi connectivity index (χ3n) is 2.46. The number of benzene rings is 1. The highest BCUT2D eigenvalue weighted by atomic mass is 35.5. The molecule has 0 bridgehead atoms. The van der Waals surface area contributed by atoms with Gasteiger partial charge in [-0.2, -0.15) is 0 Å². The normalized spacial score (nSPS) is 11.1. The summed E-state index contributed by atoms with van der Waals surface area (Å²) in [5.41, 5.74) is 0.838. The van der Waals surface area contributed by atoms with Gasteiger partial charge in [-0.15, -0.1) is 0 Å². The van der Waals surface area contributed by atoms with Crippen molar-refractivity contribution in [2.45, 2.75) is 6.54 Å². The topological polar surface area (TPSA) is 66.5 Å². The van der Waals surface area contributed by atoms with Crippen LogP contribution >= 0.6 is 11.6 Å². The largest absolute Gasteiger partial charge is 0.337 e. The summed E-state index contributed by atoms with van der Waals surface area (Å²) in [5.74, 6) is -0.0708. The fraction of sp³-hybridized carbons (Fsp3) is 0.417. The van der Waals surface area contributed by atoms with E-state index >= 15 is 0 Å². The van der Waals surface area contributed by atoms with Crippen LogP contribution in [-0.4, -0.2) is 44.9 Å². The van der Waals surface area contributed by atoms with Crippen molar-refractivity contribution >= 4 is 27.5 Å². The molecule has 0 fully saturated rings. The molecule has 5 nitrogen and oxygen atoms in total. The zero-order chi connectivity index (χ0) is 14.5. The van der Waals surface area contributed by atoms with Crippen molar-refractivity contribution < 1.29 is 13.2 Å². The van der Waals surface area contributed by atoms with Gasteiger partial charge in [0.2, 0.25) is 0 Å². The molecule has 0 saturated carbocycles. The molecule has 1 N–H and O–H groups in total. The van der Waals surface area contributed by atoms with E-state index in [1.165, 1.54) is 4.90 Å². The molecule has 0 aliphatic rings. The third kappa shape index (κ3) is 5.94. The Bertz CT molecular complexity index is 546. The summed E-state index contributed by atoms with van der Waals surface area (Å²) in [6, 6.07) is 6.92. The number of nitrogens with one attached hydrogen (secondary N) is 1. The second-order valence-corrected chi connectivity index (χ2v) is 6.98. The molecule has 0 radical (unpaired) electrons. The van der Waals surface area contributed by atoms with Crippen molar-refractivity contribution in [2.24, 2.45) is 0 Å². The molecule has 0 aliphatic carbocycles. The molecule has 19 heavy (non-hydrogen) atoms. The average Bonchev–Trinajstić information content (AvgIpc) is 2.30. The quantitative estimate of drug-likeness (QED) is 0.897. The molecule has 0 atom stereocenters. The summed E-state index contributed by atoms with van der Waals surface area (Å²) in [6.45, 7) is 0.467. The fourth-order valence-electron chi connectivity index (χ4n) is 1.43. The Kier molecular flexibility index (Phi) is 5.62. The monoisotopic (exact) mass is 304 g/mol. The van der Waals surface area contributed by atoms with Crippen molar-refractivity contribution in [3.8, 4) is 0 Å². The average molecular weight is 305 g/mol. The number of halogens is 1. The number of hydrogen-bond acceptors (Lipinski definition) is 3. The minimum absolute atomic E-state index is 0.0708. The highest BCUT2D eigenvalue weighted by Gasteiger charge is 2.11. The second kappa shape index (κ2) is 6.77. The summed E-state index contributed by atoms with van der Waals surface area (Å²) >= 11 is 6.00. The van der Waals surface area contributed by atoms with Crippen molar-refractivity contribution in [1.82, 2.24) is 10.2 Å². The number of amides is 2. The minimum atomic E-state index is -3.07. The molecule has 1 rings (SSSR count). The highest BCUT2D eigenvalue weighted by molar-refractivity contribution is 7.90. The molecule has 0 unspecified atom stereocenters. The van der Waals surface area contributed by atoms with Gasteiger partial charge in [0, 0.05) is 31.4 Å². The number of urea groups is 1. The van der Waals surface area contributed by atoms with E-state index in [9.17, 15) is 13.2 Å². The van der Waals surface area contributed by atoms with Crippen LogP contribution in [0.4, 0.5) is 4.79 Å². The van der Waals surface area contributed by atoms with Gasteiger partial charge in [-0.05, 0) is 11.6 Å². The van der Waals surface area contributed by atoms with Crippen LogP contribution in [0.3, 0.4) is 0 Å². The molecule has 0 heterocycles. The molecule has 2 amide bonds. The molecule has 1 aromatic rings. The molecule has 0 spiro atoms. The number of carbonyl (C=O) groups excluding carboxylic acids is 1. The number of nitrogens with zero attached hydrogens (tertiary/aromatic N) is 1. The Hall–Kier alpha value is -1.27. The summed E-state index contributed by atoms with van der Waals surface area (Å²) in [4.78, 5) is 13.2. The first-order valence-corrected chi connectivity index (χ1v) is 8.13. The lowest BCUT2D eigenvalue weighted by Crippen LogP contribution is -2.39. The van der Waals surface area contributed by atoms with Gasteiger partial charge in [0.1, 0.15) is 9.84 Å². The number of sulfone groups is 1. The number of rotatable bonds is 5. The zero-order valence-electron chi connectivity index (χ0n) is 10.9. The predicted octanol–water partition coefficient (Wildman–Crippen LogP) is 1.53. The van der Waals surface area contributed by atoms with Crippen molar-refractivity contribution in [2.75, 3.05) is 25.6 Å². The first kappa shape index (κ1) is 15.8. The van der Waals surface area contributed by atoms with Gasteiger partial charge in [-0.3, -0.25) is 0 Å². The van der Waals surface area contributed by atoms with E-state index in [1.54, 1.807) is 13.1 Å². The van der Waals surface area contributed by atoms with Gasteiger partial charge in [0.05, 0.1) is 5.75 Å². The SMILES string of the molecule is CN(Cc1ccccc1Cl)C(=O)NCCS(C)(=O)=O. The molecule has 106 valence electrons. The summed E-state index contributed by atoms with van der Waals surface area (Å²) in [6.07, 6.45) is 1.13. The maximum Gasteiger partial charge on any atom is 0.317 e. The van der Waals surface area contributed by atoms with Crippen LogP contribution in [0.1, 0.15) is 5.56 Å². The maximum absolute atomic E-state index is 11.7. The van der Waals surface area contributed by atoms with Gasteiger partial charge in [-0.1, -0.05) is 29.8 Å². The van der Waals surface area contributed by atoms with Crippen LogP contribution in [-0.2, 0) is 16.4 Å². The van der Waals surface area contributed by atoms with Gasteiger partial charge < -0.3 is 10.2 Å². The van der Waals surface area contributed by atoms with Crippen LogP contribution in [0.15, 0.2) is 24.3 Å². The van der Waals surface area contributed by atoms with Gasteiger partial charge >= 0.3 is 6.03 Å². The highest BCUT2D eigenvalue weighted by Crippen LogP contribution is 2.16. The van der Waals surface area contributed by atoms with E-state index in [0.29, 0.717) is 11.6 Å². The van der Waals surface area contributed by atoms with Crippen LogP contribution < -0.4 is 5.32 Å². The van der Waals surface area contributed by atoms with Crippen LogP contribution in [0.25, 0.3) is 0 Å². The van der Waals surface area contributed by atoms with Crippen LogP contribution in [0, 0.1) is 0 Å². The smallest absolute Gasteiger partial charge is 0.317 e. The maximum atomic E-state index is 11.7. The first-order valence-electron chi connectivity index (χ1n) is 5.69. The summed E-state index contributed by atoms with van der Waals surface area (Å²) in [7, 11) is -1.44. The first-order chi connectivity index (χ1) is 8.79. The second-order valence-electron chi connectivity index (χ2n) is 4.31. The van der Waals surface area contributed by atoms with Gasteiger partial charge in [-0.25, -0.2) is 13.2 Å². The third-order valence-corrected chi connectivity index (χ3v) is 3.78. The van der Waals surface area contributed by atoms with Crippen LogP contribution in [0.5, 0.6) is 0 Å². The molecule has 0 aliphatic heterocycles. The lowest BCUT2D eigenvalue weighted by molar-refractivity contribution is 0.207. The molecule has 0 saturated heterocycles. The summed E-state index contributed by atoms with van der Waals surface area (Å²) < 4.78 is 21.9. The van der Waals surface area contributed by atoms with Gasteiger partial charge in [0.15, 0.2) is 0 Å². The molecule has 1 aromatic carbocycles. The lowest BCUT2D eigenvalue weighted by atomic mass is 10.2. The van der Waals surface area contributed by atoms with Crippen molar-refractivity contribution in [3.63, 3.8) is 0 Å². The Morgan fingerprint density at radius 1 is 1.37 bits per heavy atom. The van der Waals surface area contributed by atoms with E-state index in [0.717, 1.165) is 11.8 Å².